The quantitative estimate of drug-likeness (QED) is 0.655. The average Bonchev–Trinajstić information content (AvgIpc) is 3.57. The van der Waals surface area contributed by atoms with E-state index in [1.807, 2.05) is 11.0 Å². The lowest BCUT2D eigenvalue weighted by atomic mass is 9.74. The van der Waals surface area contributed by atoms with Crippen LogP contribution in [-0.4, -0.2) is 49.6 Å². The van der Waals surface area contributed by atoms with Crippen LogP contribution in [0.15, 0.2) is 42.0 Å². The number of likely N-dealkylation sites (tertiary alicyclic amines) is 1. The van der Waals surface area contributed by atoms with Crippen LogP contribution in [0.5, 0.6) is 0 Å². The van der Waals surface area contributed by atoms with Crippen molar-refractivity contribution in [3.63, 3.8) is 0 Å². The molecule has 3 fully saturated rings. The van der Waals surface area contributed by atoms with Crippen molar-refractivity contribution in [3.05, 3.63) is 47.5 Å². The highest BCUT2D eigenvalue weighted by atomic mass is 16.5. The molecule has 1 spiro atoms. The van der Waals surface area contributed by atoms with E-state index in [0.29, 0.717) is 13.0 Å². The molecule has 1 aromatic rings. The van der Waals surface area contributed by atoms with E-state index in [-0.39, 0.29) is 28.6 Å². The van der Waals surface area contributed by atoms with Crippen molar-refractivity contribution in [3.8, 4) is 0 Å². The molecule has 1 saturated carbocycles. The predicted octanol–water partition coefficient (Wildman–Crippen LogP) is 4.37. The van der Waals surface area contributed by atoms with Gasteiger partial charge in [-0.2, -0.15) is 0 Å². The minimum Gasteiger partial charge on any atom is -0.381 e. The van der Waals surface area contributed by atoms with Gasteiger partial charge in [0.25, 0.3) is 0 Å². The van der Waals surface area contributed by atoms with Gasteiger partial charge in [-0.1, -0.05) is 42.0 Å². The zero-order valence-corrected chi connectivity index (χ0v) is 19.8. The smallest absolute Gasteiger partial charge is 0.226 e. The number of piperidine rings is 1. The van der Waals surface area contributed by atoms with E-state index in [1.54, 1.807) is 0 Å². The van der Waals surface area contributed by atoms with Crippen molar-refractivity contribution in [2.45, 2.75) is 69.6 Å². The fourth-order valence-electron chi connectivity index (χ4n) is 6.34. The lowest BCUT2D eigenvalue weighted by Gasteiger charge is -2.38. The van der Waals surface area contributed by atoms with Crippen LogP contribution in [0.2, 0.25) is 0 Å². The van der Waals surface area contributed by atoms with Crippen molar-refractivity contribution in [1.29, 1.82) is 0 Å². The summed E-state index contributed by atoms with van der Waals surface area (Å²) in [4.78, 5) is 27.9. The molecule has 1 aromatic carbocycles. The van der Waals surface area contributed by atoms with E-state index in [0.717, 1.165) is 71.2 Å². The number of allylic oxidation sites excluding steroid dienone is 1. The van der Waals surface area contributed by atoms with Gasteiger partial charge in [0.15, 0.2) is 0 Å². The SMILES string of the molecule is O=C(NCC1(c2ccccc2)CCOCC1)[C@@H]1CC12CCN(C(=O)CC1=CCCCC1)CC2. The second-order valence-corrected chi connectivity index (χ2v) is 10.8. The van der Waals surface area contributed by atoms with E-state index < -0.39 is 0 Å². The minimum atomic E-state index is -0.0270. The number of hydrogen-bond donors (Lipinski definition) is 1. The monoisotopic (exact) mass is 450 g/mol. The summed E-state index contributed by atoms with van der Waals surface area (Å²) >= 11 is 0. The van der Waals surface area contributed by atoms with E-state index >= 15 is 0 Å². The molecule has 1 atom stereocenters. The van der Waals surface area contributed by atoms with Crippen molar-refractivity contribution < 1.29 is 14.3 Å². The largest absolute Gasteiger partial charge is 0.381 e. The second kappa shape index (κ2) is 9.61. The maximum absolute atomic E-state index is 13.1. The average molecular weight is 451 g/mol. The molecule has 4 aliphatic rings. The van der Waals surface area contributed by atoms with Crippen LogP contribution in [0.1, 0.15) is 69.8 Å². The molecular weight excluding hydrogens is 412 g/mol. The normalized spacial score (nSPS) is 25.9. The number of amides is 2. The first-order chi connectivity index (χ1) is 16.1. The molecule has 0 aromatic heterocycles. The lowest BCUT2D eigenvalue weighted by Crippen LogP contribution is -2.46. The van der Waals surface area contributed by atoms with Crippen LogP contribution in [0.3, 0.4) is 0 Å². The van der Waals surface area contributed by atoms with E-state index in [1.165, 1.54) is 24.0 Å². The Balaban J connectivity index is 1.13. The summed E-state index contributed by atoms with van der Waals surface area (Å²) in [5.41, 5.74) is 2.73. The Labute approximate surface area is 197 Å². The van der Waals surface area contributed by atoms with Crippen molar-refractivity contribution in [2.24, 2.45) is 11.3 Å². The number of nitrogens with one attached hydrogen (secondary N) is 1. The Morgan fingerprint density at radius 3 is 2.48 bits per heavy atom. The summed E-state index contributed by atoms with van der Waals surface area (Å²) in [7, 11) is 0. The van der Waals surface area contributed by atoms with Crippen molar-refractivity contribution >= 4 is 11.8 Å². The number of hydrogen-bond acceptors (Lipinski definition) is 3. The van der Waals surface area contributed by atoms with Gasteiger partial charge in [0, 0.05) is 50.6 Å². The highest BCUT2D eigenvalue weighted by Crippen LogP contribution is 2.59. The minimum absolute atomic E-state index is 0.0270. The summed E-state index contributed by atoms with van der Waals surface area (Å²) in [6, 6.07) is 10.6. The number of rotatable bonds is 6. The second-order valence-electron chi connectivity index (χ2n) is 10.8. The van der Waals surface area contributed by atoms with Gasteiger partial charge >= 0.3 is 0 Å². The molecule has 2 aliphatic heterocycles. The first-order valence-electron chi connectivity index (χ1n) is 13.0. The Morgan fingerprint density at radius 1 is 1.03 bits per heavy atom. The third kappa shape index (κ3) is 4.89. The zero-order chi connectivity index (χ0) is 22.7. The van der Waals surface area contributed by atoms with Crippen molar-refractivity contribution in [2.75, 3.05) is 32.8 Å². The summed E-state index contributed by atoms with van der Waals surface area (Å²) in [5, 5.41) is 3.33. The number of benzene rings is 1. The fourth-order valence-corrected chi connectivity index (χ4v) is 6.34. The van der Waals surface area contributed by atoms with Crippen molar-refractivity contribution in [1.82, 2.24) is 10.2 Å². The topological polar surface area (TPSA) is 58.6 Å². The van der Waals surface area contributed by atoms with Gasteiger partial charge in [0.2, 0.25) is 11.8 Å². The molecular formula is C28H38N2O3. The molecule has 5 nitrogen and oxygen atoms in total. The van der Waals surface area contributed by atoms with E-state index in [9.17, 15) is 9.59 Å². The Hall–Kier alpha value is -2.14. The number of ether oxygens (including phenoxy) is 1. The standard InChI is InChI=1S/C28H38N2O3/c31-25(19-22-7-3-1-4-8-22)30-15-11-27(12-16-30)20-24(27)26(32)29-21-28(13-17-33-18-14-28)23-9-5-2-6-10-23/h2,5-7,9-10,24H,1,3-4,8,11-21H2,(H,29,32)/t24-/m0/s1. The maximum atomic E-state index is 13.1. The molecule has 178 valence electrons. The van der Waals surface area contributed by atoms with Crippen LogP contribution in [0, 0.1) is 11.3 Å². The molecule has 0 bridgehead atoms. The summed E-state index contributed by atoms with van der Waals surface area (Å²) in [6.45, 7) is 3.80. The Kier molecular flexibility index (Phi) is 6.60. The predicted molar refractivity (Wildman–Crippen MR) is 129 cm³/mol. The van der Waals surface area contributed by atoms with Gasteiger partial charge in [0.05, 0.1) is 0 Å². The maximum Gasteiger partial charge on any atom is 0.226 e. The Morgan fingerprint density at radius 2 is 1.79 bits per heavy atom. The van der Waals surface area contributed by atoms with Gasteiger partial charge < -0.3 is 15.0 Å². The molecule has 5 heteroatoms. The van der Waals surface area contributed by atoms with Crippen LogP contribution in [0.25, 0.3) is 0 Å². The Bertz CT molecular complexity index is 880. The third-order valence-corrected chi connectivity index (χ3v) is 8.82. The van der Waals surface area contributed by atoms with Gasteiger partial charge in [0.1, 0.15) is 0 Å². The van der Waals surface area contributed by atoms with Gasteiger partial charge in [-0.25, -0.2) is 0 Å². The number of nitrogens with zero attached hydrogens (tertiary/aromatic N) is 1. The number of carbonyl (C=O) groups excluding carboxylic acids is 2. The molecule has 0 unspecified atom stereocenters. The molecule has 2 saturated heterocycles. The van der Waals surface area contributed by atoms with E-state index in [4.69, 9.17) is 4.74 Å². The summed E-state index contributed by atoms with van der Waals surface area (Å²) in [6.07, 6.45) is 12.4. The van der Waals surface area contributed by atoms with Crippen LogP contribution < -0.4 is 5.32 Å². The molecule has 1 N–H and O–H groups in total. The number of carbonyl (C=O) groups is 2. The first kappa shape index (κ1) is 22.6. The highest BCUT2D eigenvalue weighted by Gasteiger charge is 2.58. The van der Waals surface area contributed by atoms with Crippen LogP contribution in [0.4, 0.5) is 0 Å². The lowest BCUT2D eigenvalue weighted by molar-refractivity contribution is -0.132. The summed E-state index contributed by atoms with van der Waals surface area (Å²) in [5.74, 6) is 0.608. The fraction of sp³-hybridized carbons (Fsp3) is 0.643. The first-order valence-corrected chi connectivity index (χ1v) is 13.0. The molecule has 5 rings (SSSR count). The van der Waals surface area contributed by atoms with Gasteiger partial charge in [-0.15, -0.1) is 0 Å². The molecule has 33 heavy (non-hydrogen) atoms. The summed E-state index contributed by atoms with van der Waals surface area (Å²) < 4.78 is 5.63. The highest BCUT2D eigenvalue weighted by molar-refractivity contribution is 5.83. The third-order valence-electron chi connectivity index (χ3n) is 8.82. The molecule has 2 aliphatic carbocycles. The molecule has 2 amide bonds. The van der Waals surface area contributed by atoms with Gasteiger partial charge in [-0.05, 0) is 68.8 Å². The van der Waals surface area contributed by atoms with E-state index in [2.05, 4.69) is 35.7 Å². The van der Waals surface area contributed by atoms with Gasteiger partial charge in [-0.3, -0.25) is 9.59 Å². The molecule has 0 radical (unpaired) electrons. The van der Waals surface area contributed by atoms with Crippen LogP contribution >= 0.6 is 0 Å². The molecule has 2 heterocycles. The zero-order valence-electron chi connectivity index (χ0n) is 19.8. The van der Waals surface area contributed by atoms with Crippen LogP contribution in [-0.2, 0) is 19.7 Å².